The van der Waals surface area contributed by atoms with Gasteiger partial charge >= 0.3 is 0 Å². The molecule has 2 aromatic rings. The predicted octanol–water partition coefficient (Wildman–Crippen LogP) is 3.63. The Balaban J connectivity index is 1.50. The highest BCUT2D eigenvalue weighted by atomic mass is 16.2. The van der Waals surface area contributed by atoms with Gasteiger partial charge in [0.05, 0.1) is 0 Å². The molecule has 28 heavy (non-hydrogen) atoms. The van der Waals surface area contributed by atoms with Gasteiger partial charge in [0.15, 0.2) is 0 Å². The Morgan fingerprint density at radius 2 is 1.71 bits per heavy atom. The molecule has 0 radical (unpaired) electrons. The molecular formula is C24H33N3O. The van der Waals surface area contributed by atoms with Crippen molar-refractivity contribution in [1.29, 1.82) is 0 Å². The third-order valence-corrected chi connectivity index (χ3v) is 5.70. The maximum absolute atomic E-state index is 13.0. The second-order valence-corrected chi connectivity index (χ2v) is 7.47. The van der Waals surface area contributed by atoms with E-state index < -0.39 is 0 Å². The van der Waals surface area contributed by atoms with E-state index in [0.29, 0.717) is 0 Å². The monoisotopic (exact) mass is 379 g/mol. The summed E-state index contributed by atoms with van der Waals surface area (Å²) in [6.45, 7) is 9.82. The number of fused-ring (bicyclic) bond motifs is 1. The number of carbonyl (C=O) groups is 1. The summed E-state index contributed by atoms with van der Waals surface area (Å²) in [4.78, 5) is 17.7. The minimum Gasteiger partial charge on any atom is -0.354 e. The van der Waals surface area contributed by atoms with Crippen LogP contribution < -0.4 is 5.32 Å². The van der Waals surface area contributed by atoms with Gasteiger partial charge in [-0.05, 0) is 42.6 Å². The zero-order valence-corrected chi connectivity index (χ0v) is 17.2. The molecule has 150 valence electrons. The van der Waals surface area contributed by atoms with Crippen LogP contribution in [0.25, 0.3) is 0 Å². The van der Waals surface area contributed by atoms with Crippen LogP contribution in [-0.4, -0.2) is 48.4 Å². The first-order valence-corrected chi connectivity index (χ1v) is 10.6. The molecule has 1 unspecified atom stereocenters. The first kappa shape index (κ1) is 20.6. The van der Waals surface area contributed by atoms with Gasteiger partial charge in [-0.3, -0.25) is 14.6 Å². The van der Waals surface area contributed by atoms with Crippen molar-refractivity contribution in [1.82, 2.24) is 15.1 Å². The van der Waals surface area contributed by atoms with Gasteiger partial charge < -0.3 is 5.32 Å². The minimum atomic E-state index is -0.210. The fourth-order valence-electron chi connectivity index (χ4n) is 4.11. The van der Waals surface area contributed by atoms with Crippen molar-refractivity contribution < 1.29 is 4.79 Å². The zero-order valence-electron chi connectivity index (χ0n) is 17.2. The van der Waals surface area contributed by atoms with Crippen molar-refractivity contribution >= 4 is 5.91 Å². The van der Waals surface area contributed by atoms with Crippen molar-refractivity contribution in [2.45, 2.75) is 39.3 Å². The van der Waals surface area contributed by atoms with E-state index in [0.717, 1.165) is 57.7 Å². The lowest BCUT2D eigenvalue weighted by Crippen LogP contribution is -2.41. The predicted molar refractivity (Wildman–Crippen MR) is 115 cm³/mol. The number of hydrogen-bond acceptors (Lipinski definition) is 3. The summed E-state index contributed by atoms with van der Waals surface area (Å²) in [5.74, 6) is 0.110. The van der Waals surface area contributed by atoms with E-state index in [1.54, 1.807) is 0 Å². The highest BCUT2D eigenvalue weighted by Gasteiger charge is 2.25. The average molecular weight is 380 g/mol. The van der Waals surface area contributed by atoms with Crippen LogP contribution in [0.1, 0.15) is 43.0 Å². The Labute approximate surface area is 169 Å². The van der Waals surface area contributed by atoms with E-state index >= 15 is 0 Å². The Kier molecular flexibility index (Phi) is 7.63. The molecule has 4 nitrogen and oxygen atoms in total. The Morgan fingerprint density at radius 1 is 1.04 bits per heavy atom. The molecule has 0 saturated heterocycles. The van der Waals surface area contributed by atoms with E-state index in [1.807, 2.05) is 30.3 Å². The average Bonchev–Trinajstić information content (AvgIpc) is 2.75. The number of nitrogens with one attached hydrogen (secondary N) is 1. The molecule has 3 rings (SSSR count). The van der Waals surface area contributed by atoms with E-state index in [9.17, 15) is 4.79 Å². The van der Waals surface area contributed by atoms with Crippen LogP contribution in [0.2, 0.25) is 0 Å². The van der Waals surface area contributed by atoms with Crippen molar-refractivity contribution in [3.05, 3.63) is 71.3 Å². The van der Waals surface area contributed by atoms with Crippen LogP contribution in [0, 0.1) is 0 Å². The van der Waals surface area contributed by atoms with Crippen molar-refractivity contribution in [3.8, 4) is 0 Å². The molecule has 1 N–H and O–H groups in total. The summed E-state index contributed by atoms with van der Waals surface area (Å²) >= 11 is 0. The zero-order chi connectivity index (χ0) is 19.8. The van der Waals surface area contributed by atoms with Gasteiger partial charge in [-0.25, -0.2) is 0 Å². The third kappa shape index (κ3) is 5.21. The van der Waals surface area contributed by atoms with E-state index in [1.165, 1.54) is 11.1 Å². The molecule has 0 spiro atoms. The Morgan fingerprint density at radius 3 is 2.43 bits per heavy atom. The number of rotatable bonds is 9. The Bertz CT molecular complexity index is 743. The molecular weight excluding hydrogens is 346 g/mol. The van der Waals surface area contributed by atoms with E-state index in [2.05, 4.69) is 53.2 Å². The Hall–Kier alpha value is -2.17. The van der Waals surface area contributed by atoms with Crippen molar-refractivity contribution in [3.63, 3.8) is 0 Å². The summed E-state index contributed by atoms with van der Waals surface area (Å²) < 4.78 is 0. The number of hydrogen-bond donors (Lipinski definition) is 1. The van der Waals surface area contributed by atoms with Gasteiger partial charge in [0.2, 0.25) is 5.91 Å². The molecule has 0 aliphatic carbocycles. The second kappa shape index (κ2) is 10.4. The van der Waals surface area contributed by atoms with E-state index in [-0.39, 0.29) is 11.9 Å². The highest BCUT2D eigenvalue weighted by Crippen LogP contribution is 2.21. The molecule has 1 aliphatic heterocycles. The number of likely N-dealkylation sites (N-methyl/N-ethyl adjacent to an activating group) is 1. The maximum atomic E-state index is 13.0. The molecule has 1 aliphatic rings. The van der Waals surface area contributed by atoms with Crippen molar-refractivity contribution in [2.75, 3.05) is 32.7 Å². The summed E-state index contributed by atoms with van der Waals surface area (Å²) in [6, 6.07) is 18.6. The topological polar surface area (TPSA) is 35.6 Å². The molecule has 1 amide bonds. The molecule has 2 aromatic carbocycles. The quantitative estimate of drug-likeness (QED) is 0.676. The molecule has 0 fully saturated rings. The van der Waals surface area contributed by atoms with Crippen LogP contribution in [0.3, 0.4) is 0 Å². The summed E-state index contributed by atoms with van der Waals surface area (Å²) in [5.41, 5.74) is 4.00. The lowest BCUT2D eigenvalue weighted by molar-refractivity contribution is -0.126. The number of benzene rings is 2. The molecule has 1 heterocycles. The van der Waals surface area contributed by atoms with Crippen LogP contribution in [0.15, 0.2) is 54.6 Å². The smallest absolute Gasteiger partial charge is 0.241 e. The first-order chi connectivity index (χ1) is 13.7. The SMILES string of the molecule is CCN(CC)C(C(=O)NCCCN1CCc2ccccc2C1)c1ccccc1. The van der Waals surface area contributed by atoms with Gasteiger partial charge in [0, 0.05) is 26.2 Å². The molecule has 0 saturated carbocycles. The van der Waals surface area contributed by atoms with Crippen LogP contribution in [-0.2, 0) is 17.8 Å². The number of nitrogens with zero attached hydrogens (tertiary/aromatic N) is 2. The highest BCUT2D eigenvalue weighted by molar-refractivity contribution is 5.83. The van der Waals surface area contributed by atoms with Gasteiger partial charge in [0.25, 0.3) is 0 Å². The first-order valence-electron chi connectivity index (χ1n) is 10.6. The number of amides is 1. The maximum Gasteiger partial charge on any atom is 0.241 e. The number of carbonyl (C=O) groups excluding carboxylic acids is 1. The van der Waals surface area contributed by atoms with E-state index in [4.69, 9.17) is 0 Å². The largest absolute Gasteiger partial charge is 0.354 e. The van der Waals surface area contributed by atoms with Gasteiger partial charge in [-0.15, -0.1) is 0 Å². The van der Waals surface area contributed by atoms with Gasteiger partial charge in [-0.2, -0.15) is 0 Å². The standard InChI is InChI=1S/C24H33N3O/c1-3-27(4-2)23(21-12-6-5-7-13-21)24(28)25-16-10-17-26-18-15-20-11-8-9-14-22(20)19-26/h5-9,11-14,23H,3-4,10,15-19H2,1-2H3,(H,25,28). The molecule has 0 aromatic heterocycles. The molecule has 1 atom stereocenters. The van der Waals surface area contributed by atoms with Crippen LogP contribution in [0.5, 0.6) is 0 Å². The summed E-state index contributed by atoms with van der Waals surface area (Å²) in [6.07, 6.45) is 2.11. The summed E-state index contributed by atoms with van der Waals surface area (Å²) in [7, 11) is 0. The second-order valence-electron chi connectivity index (χ2n) is 7.47. The van der Waals surface area contributed by atoms with Crippen molar-refractivity contribution in [2.24, 2.45) is 0 Å². The van der Waals surface area contributed by atoms with Gasteiger partial charge in [-0.1, -0.05) is 68.4 Å². The molecule has 0 bridgehead atoms. The lowest BCUT2D eigenvalue weighted by Gasteiger charge is -2.30. The molecule has 4 heteroatoms. The summed E-state index contributed by atoms with van der Waals surface area (Å²) in [5, 5.41) is 3.18. The normalized spacial score (nSPS) is 15.2. The minimum absolute atomic E-state index is 0.110. The lowest BCUT2D eigenvalue weighted by atomic mass is 10.00. The third-order valence-electron chi connectivity index (χ3n) is 5.70. The van der Waals surface area contributed by atoms with Crippen LogP contribution >= 0.6 is 0 Å². The van der Waals surface area contributed by atoms with Gasteiger partial charge in [0.1, 0.15) is 6.04 Å². The fourth-order valence-corrected chi connectivity index (χ4v) is 4.11. The fraction of sp³-hybridized carbons (Fsp3) is 0.458. The van der Waals surface area contributed by atoms with Crippen LogP contribution in [0.4, 0.5) is 0 Å².